The average molecular weight is 325 g/mol. The van der Waals surface area contributed by atoms with Crippen LogP contribution in [-0.4, -0.2) is 14.2 Å². The predicted octanol–water partition coefficient (Wildman–Crippen LogP) is 3.25. The zero-order chi connectivity index (χ0) is 11.8. The van der Waals surface area contributed by atoms with Crippen LogP contribution in [0.2, 0.25) is 5.02 Å². The van der Waals surface area contributed by atoms with Gasteiger partial charge in [-0.05, 0) is 46.8 Å². The van der Waals surface area contributed by atoms with Gasteiger partial charge in [-0.1, -0.05) is 17.7 Å². The summed E-state index contributed by atoms with van der Waals surface area (Å²) in [6.07, 6.45) is 2.02. The van der Waals surface area contributed by atoms with Crippen LogP contribution in [0.1, 0.15) is 12.8 Å². The van der Waals surface area contributed by atoms with Crippen LogP contribution in [0.4, 0.5) is 5.69 Å². The second-order valence-electron chi connectivity index (χ2n) is 3.93. The Hall–Kier alpha value is -0.260. The highest BCUT2D eigenvalue weighted by Gasteiger charge is 2.28. The van der Waals surface area contributed by atoms with E-state index in [1.165, 1.54) is 0 Å². The molecule has 88 valence electrons. The highest BCUT2D eigenvalue weighted by atomic mass is 79.9. The predicted molar refractivity (Wildman–Crippen MR) is 69.3 cm³/mol. The zero-order valence-corrected chi connectivity index (χ0v) is 11.6. The number of sulfonamides is 1. The molecule has 1 aromatic rings. The first kappa shape index (κ1) is 12.2. The molecule has 3 nitrogen and oxygen atoms in total. The molecule has 0 atom stereocenters. The third kappa shape index (κ3) is 3.12. The third-order valence-electron chi connectivity index (χ3n) is 2.37. The summed E-state index contributed by atoms with van der Waals surface area (Å²) in [5.41, 5.74) is 0.494. The molecule has 1 fully saturated rings. The van der Waals surface area contributed by atoms with E-state index in [0.29, 0.717) is 21.1 Å². The van der Waals surface area contributed by atoms with Gasteiger partial charge in [0.2, 0.25) is 10.0 Å². The number of halogens is 2. The third-order valence-corrected chi connectivity index (χ3v) is 5.21. The molecule has 1 N–H and O–H groups in total. The quantitative estimate of drug-likeness (QED) is 0.924. The lowest BCUT2D eigenvalue weighted by Crippen LogP contribution is -2.18. The minimum Gasteiger partial charge on any atom is -0.282 e. The maximum Gasteiger partial charge on any atom is 0.233 e. The molecule has 16 heavy (non-hydrogen) atoms. The first-order valence-electron chi connectivity index (χ1n) is 4.92. The summed E-state index contributed by atoms with van der Waals surface area (Å²) in [4.78, 5) is 0. The van der Waals surface area contributed by atoms with Crippen molar-refractivity contribution in [1.29, 1.82) is 0 Å². The Morgan fingerprint density at radius 3 is 2.75 bits per heavy atom. The van der Waals surface area contributed by atoms with Gasteiger partial charge >= 0.3 is 0 Å². The SMILES string of the molecule is O=S(=O)(CC1CC1)Nc1cccc(Cl)c1Br. The largest absolute Gasteiger partial charge is 0.282 e. The summed E-state index contributed by atoms with van der Waals surface area (Å²) >= 11 is 9.13. The minimum absolute atomic E-state index is 0.200. The van der Waals surface area contributed by atoms with E-state index < -0.39 is 10.0 Å². The lowest BCUT2D eigenvalue weighted by molar-refractivity contribution is 0.597. The van der Waals surface area contributed by atoms with E-state index in [1.54, 1.807) is 18.2 Å². The van der Waals surface area contributed by atoms with E-state index in [2.05, 4.69) is 20.7 Å². The van der Waals surface area contributed by atoms with E-state index in [1.807, 2.05) is 0 Å². The van der Waals surface area contributed by atoms with Gasteiger partial charge in [-0.15, -0.1) is 0 Å². The first-order valence-corrected chi connectivity index (χ1v) is 7.75. The molecular weight excluding hydrogens is 314 g/mol. The van der Waals surface area contributed by atoms with Crippen molar-refractivity contribution in [1.82, 2.24) is 0 Å². The molecule has 0 aliphatic heterocycles. The monoisotopic (exact) mass is 323 g/mol. The molecule has 0 aromatic heterocycles. The molecule has 0 heterocycles. The molecule has 1 aromatic carbocycles. The van der Waals surface area contributed by atoms with Crippen LogP contribution in [0.5, 0.6) is 0 Å². The standard InChI is InChI=1S/C10H11BrClNO2S/c11-10-8(12)2-1-3-9(10)13-16(14,15)6-7-4-5-7/h1-3,7,13H,4-6H2. The first-order chi connectivity index (χ1) is 7.48. The average Bonchev–Trinajstić information content (AvgIpc) is 2.95. The smallest absolute Gasteiger partial charge is 0.233 e. The van der Waals surface area contributed by atoms with Crippen molar-refractivity contribution < 1.29 is 8.42 Å². The van der Waals surface area contributed by atoms with Crippen molar-refractivity contribution in [3.63, 3.8) is 0 Å². The Morgan fingerprint density at radius 1 is 1.44 bits per heavy atom. The lowest BCUT2D eigenvalue weighted by atomic mass is 10.3. The summed E-state index contributed by atoms with van der Waals surface area (Å²) in [5.74, 6) is 0.529. The van der Waals surface area contributed by atoms with Crippen LogP contribution in [0.25, 0.3) is 0 Å². The van der Waals surface area contributed by atoms with E-state index in [0.717, 1.165) is 12.8 Å². The maximum absolute atomic E-state index is 11.7. The second-order valence-corrected chi connectivity index (χ2v) is 6.90. The van der Waals surface area contributed by atoms with Gasteiger partial charge in [-0.25, -0.2) is 8.42 Å². The molecule has 0 spiro atoms. The van der Waals surface area contributed by atoms with Crippen LogP contribution in [0.15, 0.2) is 22.7 Å². The van der Waals surface area contributed by atoms with Gasteiger partial charge in [0.15, 0.2) is 0 Å². The Kier molecular flexibility index (Phi) is 3.47. The van der Waals surface area contributed by atoms with Gasteiger partial charge in [-0.2, -0.15) is 0 Å². The van der Waals surface area contributed by atoms with Crippen molar-refractivity contribution >= 4 is 43.2 Å². The summed E-state index contributed by atoms with van der Waals surface area (Å²) < 4.78 is 26.6. The maximum atomic E-state index is 11.7. The van der Waals surface area contributed by atoms with Crippen LogP contribution < -0.4 is 4.72 Å². The summed E-state index contributed by atoms with van der Waals surface area (Å²) in [5, 5.41) is 0.492. The van der Waals surface area contributed by atoms with Crippen LogP contribution in [0.3, 0.4) is 0 Å². The highest BCUT2D eigenvalue weighted by Crippen LogP contribution is 2.33. The molecule has 2 rings (SSSR count). The Bertz CT molecular complexity index is 500. The van der Waals surface area contributed by atoms with Crippen LogP contribution in [0, 0.1) is 5.92 Å². The molecule has 0 unspecified atom stereocenters. The number of nitrogens with one attached hydrogen (secondary N) is 1. The van der Waals surface area contributed by atoms with Crippen LogP contribution >= 0.6 is 27.5 Å². The topological polar surface area (TPSA) is 46.2 Å². The lowest BCUT2D eigenvalue weighted by Gasteiger charge is -2.09. The van der Waals surface area contributed by atoms with Crippen molar-refractivity contribution in [2.75, 3.05) is 10.5 Å². The second kappa shape index (κ2) is 4.55. The van der Waals surface area contributed by atoms with E-state index in [4.69, 9.17) is 11.6 Å². The van der Waals surface area contributed by atoms with Gasteiger partial charge in [-0.3, -0.25) is 4.72 Å². The minimum atomic E-state index is -3.25. The number of hydrogen-bond donors (Lipinski definition) is 1. The Labute approximate surface area is 108 Å². The highest BCUT2D eigenvalue weighted by molar-refractivity contribution is 9.10. The summed E-state index contributed by atoms with van der Waals surface area (Å²) in [6.45, 7) is 0. The summed E-state index contributed by atoms with van der Waals surface area (Å²) in [7, 11) is -3.25. The van der Waals surface area contributed by atoms with Crippen molar-refractivity contribution in [2.24, 2.45) is 5.92 Å². The molecule has 1 aliphatic rings. The molecule has 1 saturated carbocycles. The van der Waals surface area contributed by atoms with E-state index in [9.17, 15) is 8.42 Å². The van der Waals surface area contributed by atoms with Gasteiger partial charge in [0.05, 0.1) is 20.9 Å². The van der Waals surface area contributed by atoms with Gasteiger partial charge < -0.3 is 0 Å². The number of rotatable bonds is 4. The van der Waals surface area contributed by atoms with E-state index >= 15 is 0 Å². The molecule has 0 bridgehead atoms. The fraction of sp³-hybridized carbons (Fsp3) is 0.400. The Balaban J connectivity index is 2.16. The van der Waals surface area contributed by atoms with Gasteiger partial charge in [0.25, 0.3) is 0 Å². The zero-order valence-electron chi connectivity index (χ0n) is 8.41. The number of hydrogen-bond acceptors (Lipinski definition) is 2. The van der Waals surface area contributed by atoms with Gasteiger partial charge in [0, 0.05) is 0 Å². The Morgan fingerprint density at radius 2 is 2.12 bits per heavy atom. The van der Waals surface area contributed by atoms with Gasteiger partial charge in [0.1, 0.15) is 0 Å². The van der Waals surface area contributed by atoms with Crippen molar-refractivity contribution in [2.45, 2.75) is 12.8 Å². The molecule has 1 aliphatic carbocycles. The number of anilines is 1. The summed E-state index contributed by atoms with van der Waals surface area (Å²) in [6, 6.07) is 5.09. The fourth-order valence-electron chi connectivity index (χ4n) is 1.39. The normalized spacial score (nSPS) is 16.1. The van der Waals surface area contributed by atoms with E-state index in [-0.39, 0.29) is 5.75 Å². The van der Waals surface area contributed by atoms with Crippen LogP contribution in [-0.2, 0) is 10.0 Å². The molecule has 0 amide bonds. The molecule has 6 heteroatoms. The number of benzene rings is 1. The van der Waals surface area contributed by atoms with Crippen molar-refractivity contribution in [3.8, 4) is 0 Å². The molecule has 0 saturated heterocycles. The van der Waals surface area contributed by atoms with Crippen molar-refractivity contribution in [3.05, 3.63) is 27.7 Å². The molecule has 0 radical (unpaired) electrons. The fourth-order valence-corrected chi connectivity index (χ4v) is 3.60. The molecular formula is C10H11BrClNO2S.